The van der Waals surface area contributed by atoms with Crippen molar-refractivity contribution in [2.24, 2.45) is 7.05 Å². The Hall–Kier alpha value is -2.43. The Labute approximate surface area is 137 Å². The highest BCUT2D eigenvalue weighted by Crippen LogP contribution is 2.27. The third-order valence-electron chi connectivity index (χ3n) is 4.03. The predicted molar refractivity (Wildman–Crippen MR) is 89.9 cm³/mol. The SMILES string of the molecule is COc1ccc(CCC(=O)NCc2ccc(C)n2C)cc1OC. The van der Waals surface area contributed by atoms with Crippen LogP contribution in [0.15, 0.2) is 30.3 Å². The highest BCUT2D eigenvalue weighted by Gasteiger charge is 2.08. The van der Waals surface area contributed by atoms with Crippen molar-refractivity contribution in [2.75, 3.05) is 14.2 Å². The average molecular weight is 316 g/mol. The second-order valence-electron chi connectivity index (χ2n) is 5.49. The lowest BCUT2D eigenvalue weighted by molar-refractivity contribution is -0.121. The number of aryl methyl sites for hydroxylation is 2. The molecular formula is C18H24N2O3. The molecule has 0 radical (unpaired) electrons. The third-order valence-corrected chi connectivity index (χ3v) is 4.03. The summed E-state index contributed by atoms with van der Waals surface area (Å²) >= 11 is 0. The van der Waals surface area contributed by atoms with E-state index >= 15 is 0 Å². The Morgan fingerprint density at radius 1 is 1.13 bits per heavy atom. The number of carbonyl (C=O) groups excluding carboxylic acids is 1. The van der Waals surface area contributed by atoms with Crippen LogP contribution in [0.4, 0.5) is 0 Å². The number of hydrogen-bond acceptors (Lipinski definition) is 3. The average Bonchev–Trinajstić information content (AvgIpc) is 2.89. The molecule has 0 spiro atoms. The number of nitrogens with one attached hydrogen (secondary N) is 1. The van der Waals surface area contributed by atoms with Gasteiger partial charge in [0.15, 0.2) is 11.5 Å². The van der Waals surface area contributed by atoms with E-state index in [1.54, 1.807) is 14.2 Å². The largest absolute Gasteiger partial charge is 0.493 e. The molecule has 0 aliphatic heterocycles. The summed E-state index contributed by atoms with van der Waals surface area (Å²) in [5.74, 6) is 1.42. The number of amides is 1. The molecule has 23 heavy (non-hydrogen) atoms. The number of ether oxygens (including phenoxy) is 2. The van der Waals surface area contributed by atoms with E-state index in [1.807, 2.05) is 44.3 Å². The number of benzene rings is 1. The molecule has 0 aliphatic rings. The summed E-state index contributed by atoms with van der Waals surface area (Å²) in [6.45, 7) is 2.59. The van der Waals surface area contributed by atoms with Crippen LogP contribution in [0, 0.1) is 6.92 Å². The molecule has 1 amide bonds. The molecule has 1 aromatic carbocycles. The quantitative estimate of drug-likeness (QED) is 0.854. The van der Waals surface area contributed by atoms with Crippen LogP contribution in [0.25, 0.3) is 0 Å². The van der Waals surface area contributed by atoms with Crippen molar-refractivity contribution >= 4 is 5.91 Å². The minimum absolute atomic E-state index is 0.0404. The number of hydrogen-bond donors (Lipinski definition) is 1. The summed E-state index contributed by atoms with van der Waals surface area (Å²) in [7, 11) is 5.22. The van der Waals surface area contributed by atoms with Crippen molar-refractivity contribution < 1.29 is 14.3 Å². The van der Waals surface area contributed by atoms with E-state index in [0.29, 0.717) is 30.9 Å². The maximum atomic E-state index is 12.0. The van der Waals surface area contributed by atoms with E-state index in [2.05, 4.69) is 9.88 Å². The maximum Gasteiger partial charge on any atom is 0.220 e. The molecule has 5 heteroatoms. The van der Waals surface area contributed by atoms with Crippen LogP contribution in [0.3, 0.4) is 0 Å². The van der Waals surface area contributed by atoms with Gasteiger partial charge < -0.3 is 19.4 Å². The molecule has 2 aromatic rings. The zero-order valence-electron chi connectivity index (χ0n) is 14.2. The molecule has 1 aromatic heterocycles. The van der Waals surface area contributed by atoms with Gasteiger partial charge in [-0.3, -0.25) is 4.79 Å². The Balaban J connectivity index is 1.85. The maximum absolute atomic E-state index is 12.0. The van der Waals surface area contributed by atoms with E-state index < -0.39 is 0 Å². The van der Waals surface area contributed by atoms with Crippen LogP contribution in [0.2, 0.25) is 0 Å². The topological polar surface area (TPSA) is 52.5 Å². The first-order valence-electron chi connectivity index (χ1n) is 7.64. The van der Waals surface area contributed by atoms with Crippen molar-refractivity contribution in [1.29, 1.82) is 0 Å². The van der Waals surface area contributed by atoms with Crippen LogP contribution in [-0.2, 0) is 24.8 Å². The fourth-order valence-electron chi connectivity index (χ4n) is 2.42. The van der Waals surface area contributed by atoms with Crippen LogP contribution in [0.5, 0.6) is 11.5 Å². The van der Waals surface area contributed by atoms with Gasteiger partial charge in [0.2, 0.25) is 5.91 Å². The minimum Gasteiger partial charge on any atom is -0.493 e. The van der Waals surface area contributed by atoms with Gasteiger partial charge in [-0.25, -0.2) is 0 Å². The molecule has 0 bridgehead atoms. The van der Waals surface area contributed by atoms with Crippen molar-refractivity contribution in [3.63, 3.8) is 0 Å². The molecule has 0 fully saturated rings. The third kappa shape index (κ3) is 4.28. The van der Waals surface area contributed by atoms with Gasteiger partial charge in [-0.1, -0.05) is 6.07 Å². The fourth-order valence-corrected chi connectivity index (χ4v) is 2.42. The van der Waals surface area contributed by atoms with Gasteiger partial charge in [0, 0.05) is 24.9 Å². The summed E-state index contributed by atoms with van der Waals surface area (Å²) in [6.07, 6.45) is 1.11. The molecule has 1 N–H and O–H groups in total. The standard InChI is InChI=1S/C18H24N2O3/c1-13-5-8-15(20(13)2)12-19-18(21)10-7-14-6-9-16(22-3)17(11-14)23-4/h5-6,8-9,11H,7,10,12H2,1-4H3,(H,19,21). The Bertz CT molecular complexity index is 677. The normalized spacial score (nSPS) is 10.4. The van der Waals surface area contributed by atoms with E-state index in [-0.39, 0.29) is 5.91 Å². The second kappa shape index (κ2) is 7.72. The second-order valence-corrected chi connectivity index (χ2v) is 5.49. The zero-order chi connectivity index (χ0) is 16.8. The molecule has 0 aliphatic carbocycles. The lowest BCUT2D eigenvalue weighted by atomic mass is 10.1. The number of nitrogens with zero attached hydrogens (tertiary/aromatic N) is 1. The molecule has 0 atom stereocenters. The zero-order valence-corrected chi connectivity index (χ0v) is 14.2. The van der Waals surface area contributed by atoms with E-state index in [9.17, 15) is 4.79 Å². The summed E-state index contributed by atoms with van der Waals surface area (Å²) in [5.41, 5.74) is 3.33. The molecule has 0 saturated carbocycles. The highest BCUT2D eigenvalue weighted by atomic mass is 16.5. The molecular weight excluding hydrogens is 292 g/mol. The summed E-state index contributed by atoms with van der Waals surface area (Å²) < 4.78 is 12.6. The summed E-state index contributed by atoms with van der Waals surface area (Å²) in [5, 5.41) is 2.96. The molecule has 0 unspecified atom stereocenters. The molecule has 2 rings (SSSR count). The van der Waals surface area contributed by atoms with Gasteiger partial charge in [0.05, 0.1) is 20.8 Å². The van der Waals surface area contributed by atoms with Crippen molar-refractivity contribution in [1.82, 2.24) is 9.88 Å². The monoisotopic (exact) mass is 316 g/mol. The molecule has 5 nitrogen and oxygen atoms in total. The van der Waals surface area contributed by atoms with Crippen LogP contribution in [-0.4, -0.2) is 24.7 Å². The van der Waals surface area contributed by atoms with Crippen molar-refractivity contribution in [3.05, 3.63) is 47.3 Å². The van der Waals surface area contributed by atoms with Gasteiger partial charge >= 0.3 is 0 Å². The lowest BCUT2D eigenvalue weighted by Gasteiger charge is -2.10. The fraction of sp³-hybridized carbons (Fsp3) is 0.389. The first-order valence-corrected chi connectivity index (χ1v) is 7.64. The van der Waals surface area contributed by atoms with Gasteiger partial charge in [0.1, 0.15) is 0 Å². The highest BCUT2D eigenvalue weighted by molar-refractivity contribution is 5.76. The molecule has 124 valence electrons. The van der Waals surface area contributed by atoms with Crippen molar-refractivity contribution in [3.8, 4) is 11.5 Å². The summed E-state index contributed by atoms with van der Waals surface area (Å²) in [6, 6.07) is 9.80. The Morgan fingerprint density at radius 3 is 2.48 bits per heavy atom. The molecule has 0 saturated heterocycles. The first kappa shape index (κ1) is 16.9. The number of aromatic nitrogens is 1. The van der Waals surface area contributed by atoms with Crippen LogP contribution >= 0.6 is 0 Å². The van der Waals surface area contributed by atoms with Gasteiger partial charge in [0.25, 0.3) is 0 Å². The van der Waals surface area contributed by atoms with Gasteiger partial charge in [-0.2, -0.15) is 0 Å². The van der Waals surface area contributed by atoms with E-state index in [4.69, 9.17) is 9.47 Å². The summed E-state index contributed by atoms with van der Waals surface area (Å²) in [4.78, 5) is 12.0. The van der Waals surface area contributed by atoms with Crippen LogP contribution in [0.1, 0.15) is 23.4 Å². The lowest BCUT2D eigenvalue weighted by Crippen LogP contribution is -2.24. The van der Waals surface area contributed by atoms with E-state index in [0.717, 1.165) is 11.3 Å². The number of methoxy groups -OCH3 is 2. The Kier molecular flexibility index (Phi) is 5.68. The minimum atomic E-state index is 0.0404. The van der Waals surface area contributed by atoms with Crippen LogP contribution < -0.4 is 14.8 Å². The number of carbonyl (C=O) groups is 1. The van der Waals surface area contributed by atoms with Crippen molar-refractivity contribution in [2.45, 2.75) is 26.3 Å². The van der Waals surface area contributed by atoms with Gasteiger partial charge in [-0.05, 0) is 43.2 Å². The Morgan fingerprint density at radius 2 is 1.87 bits per heavy atom. The number of rotatable bonds is 7. The van der Waals surface area contributed by atoms with E-state index in [1.165, 1.54) is 5.69 Å². The smallest absolute Gasteiger partial charge is 0.220 e. The first-order chi connectivity index (χ1) is 11.0. The predicted octanol–water partition coefficient (Wildman–Crippen LogP) is 2.60. The van der Waals surface area contributed by atoms with Gasteiger partial charge in [-0.15, -0.1) is 0 Å². The molecule has 1 heterocycles.